The topological polar surface area (TPSA) is 206 Å². The molecule has 0 aliphatic rings. The molecule has 5 aromatic carbocycles. The van der Waals surface area contributed by atoms with Crippen molar-refractivity contribution in [3.8, 4) is 11.1 Å². The Balaban J connectivity index is 1.34. The number of esters is 1. The standard InChI is InChI=1S/C48H51N5O8/c1-61-48(60)42(31-35-19-24-38(25-20-35)50-43(54)27-28-44(55)56)53-47(59)41(29-33-13-7-3-8-14-33)52-46(58)40(51-45(57)39(49)26-21-32-11-5-2-6-12-32)30-34-17-22-37(23-18-34)36-15-9-4-10-16-36/h2-20,22-25,39-42H,21,26-31,49H2,1H3,(H,50,54)(H,51,57)(H,52,58)(H,53,59)(H,55,56)/t39-,40+,41-,42+/m1/s1. The average Bonchev–Trinajstić information content (AvgIpc) is 3.28. The maximum atomic E-state index is 14.3. The van der Waals surface area contributed by atoms with Crippen LogP contribution in [0.4, 0.5) is 5.69 Å². The molecule has 13 heteroatoms. The number of hydrogen-bond acceptors (Lipinski definition) is 8. The summed E-state index contributed by atoms with van der Waals surface area (Å²) in [7, 11) is 1.20. The molecule has 0 heterocycles. The fourth-order valence-corrected chi connectivity index (χ4v) is 6.63. The van der Waals surface area contributed by atoms with Crippen molar-refractivity contribution in [3.05, 3.63) is 162 Å². The molecular formula is C48H51N5O8. The van der Waals surface area contributed by atoms with Crippen molar-refractivity contribution in [1.82, 2.24) is 16.0 Å². The first-order valence-corrected chi connectivity index (χ1v) is 20.0. The summed E-state index contributed by atoms with van der Waals surface area (Å²) in [6.45, 7) is 0. The number of ether oxygens (including phenoxy) is 1. The van der Waals surface area contributed by atoms with Crippen LogP contribution in [0.1, 0.15) is 41.5 Å². The molecule has 0 bridgehead atoms. The molecule has 5 rings (SSSR count). The normalized spacial score (nSPS) is 12.8. The van der Waals surface area contributed by atoms with Gasteiger partial charge in [0.2, 0.25) is 23.6 Å². The molecule has 5 aromatic rings. The molecule has 4 amide bonds. The maximum Gasteiger partial charge on any atom is 0.328 e. The number of amides is 4. The van der Waals surface area contributed by atoms with Gasteiger partial charge in [-0.05, 0) is 58.4 Å². The lowest BCUT2D eigenvalue weighted by Crippen LogP contribution is -2.58. The number of hydrogen-bond donors (Lipinski definition) is 6. The Bertz CT molecular complexity index is 2220. The van der Waals surface area contributed by atoms with Gasteiger partial charge in [-0.2, -0.15) is 0 Å². The highest BCUT2D eigenvalue weighted by Crippen LogP contribution is 2.20. The van der Waals surface area contributed by atoms with Crippen LogP contribution < -0.4 is 27.0 Å². The Morgan fingerprint density at radius 3 is 1.52 bits per heavy atom. The molecule has 0 fully saturated rings. The third-order valence-electron chi connectivity index (χ3n) is 10.0. The summed E-state index contributed by atoms with van der Waals surface area (Å²) in [6.07, 6.45) is 0.570. The number of carbonyl (C=O) groups excluding carboxylic acids is 5. The minimum absolute atomic E-state index is 0.0101. The molecule has 0 aliphatic carbocycles. The third kappa shape index (κ3) is 14.6. The Hall–Kier alpha value is -7.12. The highest BCUT2D eigenvalue weighted by molar-refractivity contribution is 5.95. The fraction of sp³-hybridized carbons (Fsp3) is 0.250. The highest BCUT2D eigenvalue weighted by atomic mass is 16.5. The fourth-order valence-electron chi connectivity index (χ4n) is 6.63. The zero-order valence-corrected chi connectivity index (χ0v) is 33.9. The van der Waals surface area contributed by atoms with Crippen LogP contribution in [0.25, 0.3) is 11.1 Å². The molecular weight excluding hydrogens is 775 g/mol. The van der Waals surface area contributed by atoms with Crippen molar-refractivity contribution in [2.45, 2.75) is 69.1 Å². The molecule has 0 saturated carbocycles. The highest BCUT2D eigenvalue weighted by Gasteiger charge is 2.31. The van der Waals surface area contributed by atoms with Gasteiger partial charge in [0.1, 0.15) is 18.1 Å². The number of carbonyl (C=O) groups is 6. The monoisotopic (exact) mass is 825 g/mol. The Morgan fingerprint density at radius 2 is 0.984 bits per heavy atom. The van der Waals surface area contributed by atoms with Crippen molar-refractivity contribution in [2.24, 2.45) is 5.73 Å². The minimum Gasteiger partial charge on any atom is -0.481 e. The SMILES string of the molecule is COC(=O)[C@H](Cc1ccc(NC(=O)CCC(=O)O)cc1)NC(=O)[C@@H](Cc1ccccc1)NC(=O)[C@H](Cc1ccc(-c2ccccc2)cc1)NC(=O)[C@H](N)CCc1ccccc1. The number of carboxylic acids is 1. The second-order valence-electron chi connectivity index (χ2n) is 14.6. The summed E-state index contributed by atoms with van der Waals surface area (Å²) >= 11 is 0. The van der Waals surface area contributed by atoms with Crippen LogP contribution in [0.15, 0.2) is 140 Å². The van der Waals surface area contributed by atoms with Gasteiger partial charge in [0, 0.05) is 31.4 Å². The summed E-state index contributed by atoms with van der Waals surface area (Å²) < 4.78 is 5.04. The van der Waals surface area contributed by atoms with Gasteiger partial charge in [-0.3, -0.25) is 24.0 Å². The zero-order chi connectivity index (χ0) is 43.6. The Labute approximate surface area is 355 Å². The lowest BCUT2D eigenvalue weighted by Gasteiger charge is -2.26. The summed E-state index contributed by atoms with van der Waals surface area (Å²) in [5.41, 5.74) is 11.9. The second kappa shape index (κ2) is 22.9. The van der Waals surface area contributed by atoms with E-state index in [1.165, 1.54) is 7.11 Å². The zero-order valence-electron chi connectivity index (χ0n) is 33.9. The Morgan fingerprint density at radius 1 is 0.541 bits per heavy atom. The summed E-state index contributed by atoms with van der Waals surface area (Å²) in [6, 6.07) is 38.3. The van der Waals surface area contributed by atoms with Crippen LogP contribution >= 0.6 is 0 Å². The largest absolute Gasteiger partial charge is 0.481 e. The van der Waals surface area contributed by atoms with Crippen LogP contribution in [-0.4, -0.2) is 72.0 Å². The van der Waals surface area contributed by atoms with Crippen LogP contribution in [-0.2, 0) is 59.2 Å². The number of aliphatic carboxylic acids is 1. The number of rotatable bonds is 21. The average molecular weight is 826 g/mol. The van der Waals surface area contributed by atoms with E-state index in [2.05, 4.69) is 21.3 Å². The molecule has 0 saturated heterocycles. The number of carboxylic acid groups (broad SMARTS) is 1. The van der Waals surface area contributed by atoms with E-state index in [1.54, 1.807) is 36.4 Å². The van der Waals surface area contributed by atoms with Crippen LogP contribution in [0.3, 0.4) is 0 Å². The van der Waals surface area contributed by atoms with Crippen LogP contribution in [0.5, 0.6) is 0 Å². The molecule has 4 atom stereocenters. The quantitative estimate of drug-likeness (QED) is 0.0563. The number of nitrogens with one attached hydrogen (secondary N) is 4. The van der Waals surface area contributed by atoms with E-state index in [1.807, 2.05) is 103 Å². The number of anilines is 1. The first-order chi connectivity index (χ1) is 29.5. The van der Waals surface area contributed by atoms with Gasteiger partial charge in [0.25, 0.3) is 0 Å². The summed E-state index contributed by atoms with van der Waals surface area (Å²) in [4.78, 5) is 78.1. The van der Waals surface area contributed by atoms with Crippen molar-refractivity contribution in [2.75, 3.05) is 12.4 Å². The van der Waals surface area contributed by atoms with E-state index in [4.69, 9.17) is 15.6 Å². The molecule has 0 radical (unpaired) electrons. The van der Waals surface area contributed by atoms with E-state index in [-0.39, 0.29) is 32.1 Å². The molecule has 0 spiro atoms. The van der Waals surface area contributed by atoms with Crippen molar-refractivity contribution < 1.29 is 38.6 Å². The molecule has 316 valence electrons. The van der Waals surface area contributed by atoms with Gasteiger partial charge in [-0.1, -0.05) is 127 Å². The molecule has 7 N–H and O–H groups in total. The van der Waals surface area contributed by atoms with Gasteiger partial charge in [0.05, 0.1) is 19.6 Å². The Kier molecular flexibility index (Phi) is 16.9. The van der Waals surface area contributed by atoms with E-state index < -0.39 is 59.7 Å². The molecule has 0 aliphatic heterocycles. The number of methoxy groups -OCH3 is 1. The number of nitrogens with two attached hydrogens (primary N) is 1. The maximum absolute atomic E-state index is 14.3. The van der Waals surface area contributed by atoms with Gasteiger partial charge in [0.15, 0.2) is 0 Å². The molecule has 13 nitrogen and oxygen atoms in total. The van der Waals surface area contributed by atoms with Gasteiger partial charge in [-0.15, -0.1) is 0 Å². The van der Waals surface area contributed by atoms with E-state index in [9.17, 15) is 28.8 Å². The van der Waals surface area contributed by atoms with E-state index in [0.717, 1.165) is 27.8 Å². The number of benzene rings is 5. The summed E-state index contributed by atoms with van der Waals surface area (Å²) in [5, 5.41) is 19.9. The third-order valence-corrected chi connectivity index (χ3v) is 10.0. The molecule has 0 unspecified atom stereocenters. The second-order valence-corrected chi connectivity index (χ2v) is 14.6. The first-order valence-electron chi connectivity index (χ1n) is 20.0. The van der Waals surface area contributed by atoms with Gasteiger partial charge in [-0.25, -0.2) is 4.79 Å². The van der Waals surface area contributed by atoms with Crippen molar-refractivity contribution >= 4 is 41.3 Å². The van der Waals surface area contributed by atoms with Crippen molar-refractivity contribution in [1.29, 1.82) is 0 Å². The minimum atomic E-state index is -1.18. The predicted molar refractivity (Wildman–Crippen MR) is 232 cm³/mol. The summed E-state index contributed by atoms with van der Waals surface area (Å²) in [5.74, 6) is -4.07. The van der Waals surface area contributed by atoms with Crippen LogP contribution in [0.2, 0.25) is 0 Å². The molecule has 61 heavy (non-hydrogen) atoms. The lowest BCUT2D eigenvalue weighted by molar-refractivity contribution is -0.145. The van der Waals surface area contributed by atoms with E-state index >= 15 is 0 Å². The van der Waals surface area contributed by atoms with Gasteiger partial charge >= 0.3 is 11.9 Å². The predicted octanol–water partition coefficient (Wildman–Crippen LogP) is 4.77. The van der Waals surface area contributed by atoms with E-state index in [0.29, 0.717) is 24.1 Å². The number of aryl methyl sites for hydroxylation is 1. The van der Waals surface area contributed by atoms with Crippen molar-refractivity contribution in [3.63, 3.8) is 0 Å². The van der Waals surface area contributed by atoms with Gasteiger partial charge < -0.3 is 36.8 Å². The first kappa shape index (κ1) is 45.0. The van der Waals surface area contributed by atoms with Crippen LogP contribution in [0, 0.1) is 0 Å². The lowest BCUT2D eigenvalue weighted by atomic mass is 9.98. The molecule has 0 aromatic heterocycles. The smallest absolute Gasteiger partial charge is 0.328 e.